The number of hydrogen-bond acceptors (Lipinski definition) is 10. The highest BCUT2D eigenvalue weighted by Crippen LogP contribution is 2.26. The van der Waals surface area contributed by atoms with Crippen LogP contribution in [0.25, 0.3) is 22.3 Å². The van der Waals surface area contributed by atoms with E-state index in [1.807, 2.05) is 36.8 Å². The summed E-state index contributed by atoms with van der Waals surface area (Å²) in [4.78, 5) is 47.0. The minimum atomic E-state index is -0.374. The number of ketones is 2. The second-order valence-corrected chi connectivity index (χ2v) is 9.47. The van der Waals surface area contributed by atoms with Crippen molar-refractivity contribution >= 4 is 45.5 Å². The van der Waals surface area contributed by atoms with Gasteiger partial charge in [-0.05, 0) is 41.5 Å². The third kappa shape index (κ3) is 5.00. The first kappa shape index (κ1) is 24.7. The van der Waals surface area contributed by atoms with E-state index in [0.29, 0.717) is 46.8 Å². The third-order valence-corrected chi connectivity index (χ3v) is 5.39. The zero-order valence-corrected chi connectivity index (χ0v) is 20.3. The normalized spacial score (nSPS) is 11.9. The van der Waals surface area contributed by atoms with Crippen LogP contribution < -0.4 is 11.5 Å². The molecule has 0 radical (unpaired) electrons. The molecule has 180 valence electrons. The van der Waals surface area contributed by atoms with E-state index in [1.165, 1.54) is 12.7 Å². The van der Waals surface area contributed by atoms with Crippen LogP contribution in [0.4, 0.5) is 11.6 Å². The number of nitrogen functional groups attached to an aromatic ring is 2. The molecule has 4 aromatic heterocycles. The Morgan fingerprint density at radius 2 is 1.06 bits per heavy atom. The summed E-state index contributed by atoms with van der Waals surface area (Å²) in [5, 5.41) is 0. The number of rotatable bonds is 6. The van der Waals surface area contributed by atoms with Gasteiger partial charge in [0, 0.05) is 23.9 Å². The number of nitrogens with two attached hydrogens (primary N) is 2. The molecule has 0 amide bonds. The van der Waals surface area contributed by atoms with E-state index in [1.54, 1.807) is 26.5 Å². The van der Waals surface area contributed by atoms with Crippen LogP contribution in [0, 0.1) is 0 Å². The third-order valence-electron chi connectivity index (χ3n) is 5.39. The first-order valence-electron chi connectivity index (χ1n) is 10.7. The quantitative estimate of drug-likeness (QED) is 0.429. The summed E-state index contributed by atoms with van der Waals surface area (Å²) in [7, 11) is 0. The number of carbonyl (C=O) groups excluding carboxylic acids is 2. The number of hydrogen-bond donors (Lipinski definition) is 2. The van der Waals surface area contributed by atoms with Gasteiger partial charge in [0.15, 0.2) is 22.9 Å². The molecule has 34 heavy (non-hydrogen) atoms. The number of fused-ring (bicyclic) bond motifs is 2. The minimum absolute atomic E-state index is 0.124. The Morgan fingerprint density at radius 3 is 1.38 bits per heavy atom. The maximum absolute atomic E-state index is 11.3. The fourth-order valence-corrected chi connectivity index (χ4v) is 3.98. The Kier molecular flexibility index (Phi) is 6.62. The molecule has 0 aliphatic rings. The van der Waals surface area contributed by atoms with Gasteiger partial charge in [-0.25, -0.2) is 29.9 Å². The highest BCUT2D eigenvalue weighted by atomic mass is 16.1. The molecule has 0 saturated carbocycles. The Morgan fingerprint density at radius 1 is 0.706 bits per heavy atom. The van der Waals surface area contributed by atoms with Gasteiger partial charge in [-0.2, -0.15) is 0 Å². The minimum Gasteiger partial charge on any atom is -0.382 e. The van der Waals surface area contributed by atoms with Crippen molar-refractivity contribution in [2.45, 2.75) is 65.5 Å². The monoisotopic (exact) mass is 466 g/mol. The molecule has 0 fully saturated rings. The standard InChI is InChI=1S/2C11H15N5O/c2*1-7(17)4-11(2,3)16-6-15-8-9(12)13-5-14-10(8)16/h2*5-6H,4H2,1-3H3,(H2,12,13,14). The summed E-state index contributed by atoms with van der Waals surface area (Å²) in [5.74, 6) is 0.956. The largest absolute Gasteiger partial charge is 0.382 e. The Balaban J connectivity index is 0.000000191. The van der Waals surface area contributed by atoms with Crippen molar-refractivity contribution in [3.8, 4) is 0 Å². The molecular weight excluding hydrogens is 436 g/mol. The van der Waals surface area contributed by atoms with Crippen molar-refractivity contribution in [2.75, 3.05) is 11.5 Å². The van der Waals surface area contributed by atoms with Crippen LogP contribution >= 0.6 is 0 Å². The zero-order valence-electron chi connectivity index (χ0n) is 20.3. The van der Waals surface area contributed by atoms with Crippen LogP contribution in [0.15, 0.2) is 25.3 Å². The van der Waals surface area contributed by atoms with Crippen LogP contribution in [0.5, 0.6) is 0 Å². The lowest BCUT2D eigenvalue weighted by Crippen LogP contribution is -2.28. The van der Waals surface area contributed by atoms with Crippen LogP contribution in [-0.2, 0) is 20.7 Å². The van der Waals surface area contributed by atoms with Crippen LogP contribution in [0.2, 0.25) is 0 Å². The molecule has 0 aliphatic heterocycles. The highest BCUT2D eigenvalue weighted by Gasteiger charge is 2.26. The van der Waals surface area contributed by atoms with Crippen molar-refractivity contribution in [2.24, 2.45) is 0 Å². The molecule has 4 rings (SSSR count). The molecule has 0 spiro atoms. The number of carbonyl (C=O) groups is 2. The van der Waals surface area contributed by atoms with Crippen molar-refractivity contribution in [1.29, 1.82) is 0 Å². The summed E-state index contributed by atoms with van der Waals surface area (Å²) < 4.78 is 3.73. The van der Waals surface area contributed by atoms with E-state index < -0.39 is 0 Å². The van der Waals surface area contributed by atoms with E-state index in [0.717, 1.165) is 0 Å². The van der Waals surface area contributed by atoms with Crippen molar-refractivity contribution in [3.05, 3.63) is 25.3 Å². The smallest absolute Gasteiger partial charge is 0.165 e. The molecule has 12 nitrogen and oxygen atoms in total. The lowest BCUT2D eigenvalue weighted by Gasteiger charge is -2.25. The van der Waals surface area contributed by atoms with Gasteiger partial charge in [-0.3, -0.25) is 9.59 Å². The van der Waals surface area contributed by atoms with Crippen molar-refractivity contribution in [3.63, 3.8) is 0 Å². The van der Waals surface area contributed by atoms with Gasteiger partial charge in [-0.1, -0.05) is 0 Å². The predicted octanol–water partition coefficient (Wildman–Crippen LogP) is 2.25. The van der Waals surface area contributed by atoms with Crippen LogP contribution in [0.3, 0.4) is 0 Å². The molecule has 12 heteroatoms. The van der Waals surface area contributed by atoms with Gasteiger partial charge in [0.25, 0.3) is 0 Å². The summed E-state index contributed by atoms with van der Waals surface area (Å²) in [6.07, 6.45) is 6.95. The van der Waals surface area contributed by atoms with Gasteiger partial charge in [0.05, 0.1) is 12.7 Å². The summed E-state index contributed by atoms with van der Waals surface area (Å²) in [6, 6.07) is 0. The molecule has 0 saturated heterocycles. The summed E-state index contributed by atoms with van der Waals surface area (Å²) in [5.41, 5.74) is 13.2. The average Bonchev–Trinajstić information content (AvgIpc) is 3.33. The number of imidazole rings is 2. The fraction of sp³-hybridized carbons (Fsp3) is 0.455. The van der Waals surface area contributed by atoms with Crippen molar-refractivity contribution in [1.82, 2.24) is 39.0 Å². The van der Waals surface area contributed by atoms with Gasteiger partial charge < -0.3 is 20.6 Å². The number of nitrogens with zero attached hydrogens (tertiary/aromatic N) is 8. The molecular formula is C22H30N10O2. The van der Waals surface area contributed by atoms with E-state index in [-0.39, 0.29) is 22.6 Å². The highest BCUT2D eigenvalue weighted by molar-refractivity contribution is 5.83. The Labute approximate surface area is 196 Å². The van der Waals surface area contributed by atoms with Crippen LogP contribution in [0.1, 0.15) is 54.4 Å². The molecule has 4 N–H and O–H groups in total. The Bertz CT molecular complexity index is 1250. The number of anilines is 2. The van der Waals surface area contributed by atoms with Crippen molar-refractivity contribution < 1.29 is 9.59 Å². The molecule has 4 heterocycles. The molecule has 0 atom stereocenters. The van der Waals surface area contributed by atoms with Crippen LogP contribution in [-0.4, -0.2) is 50.6 Å². The predicted molar refractivity (Wildman–Crippen MR) is 129 cm³/mol. The first-order chi connectivity index (χ1) is 15.8. The maximum Gasteiger partial charge on any atom is 0.165 e. The van der Waals surface area contributed by atoms with E-state index >= 15 is 0 Å². The Hall–Kier alpha value is -3.96. The summed E-state index contributed by atoms with van der Waals surface area (Å²) >= 11 is 0. The second-order valence-electron chi connectivity index (χ2n) is 9.47. The van der Waals surface area contributed by atoms with Gasteiger partial charge in [0.2, 0.25) is 0 Å². The van der Waals surface area contributed by atoms with E-state index in [4.69, 9.17) is 11.5 Å². The lowest BCUT2D eigenvalue weighted by molar-refractivity contribution is -0.119. The molecule has 4 aromatic rings. The molecule has 0 aromatic carbocycles. The maximum atomic E-state index is 11.3. The number of Topliss-reactive ketones (excluding diaryl/α,β-unsaturated/α-hetero) is 2. The second kappa shape index (κ2) is 9.12. The topological polar surface area (TPSA) is 173 Å². The molecule has 0 aliphatic carbocycles. The van der Waals surface area contributed by atoms with E-state index in [9.17, 15) is 9.59 Å². The SMILES string of the molecule is CC(=O)CC(C)(C)n1cnc2c(N)ncnc21.CC(=O)CC(C)(C)n1cnc2c(N)ncnc21. The number of aromatic nitrogens is 8. The van der Waals surface area contributed by atoms with Gasteiger partial charge >= 0.3 is 0 Å². The molecule has 0 bridgehead atoms. The van der Waals surface area contributed by atoms with Gasteiger partial charge in [0.1, 0.15) is 35.3 Å². The lowest BCUT2D eigenvalue weighted by atomic mass is 9.98. The average molecular weight is 467 g/mol. The molecule has 0 unspecified atom stereocenters. The fourth-order valence-electron chi connectivity index (χ4n) is 3.98. The van der Waals surface area contributed by atoms with Gasteiger partial charge in [-0.15, -0.1) is 0 Å². The zero-order chi connectivity index (χ0) is 25.3. The summed E-state index contributed by atoms with van der Waals surface area (Å²) in [6.45, 7) is 11.0. The first-order valence-corrected chi connectivity index (χ1v) is 10.7. The van der Waals surface area contributed by atoms with E-state index in [2.05, 4.69) is 29.9 Å².